The zero-order chi connectivity index (χ0) is 20.4. The number of halogens is 1. The molecule has 162 valence electrons. The van der Waals surface area contributed by atoms with Crippen LogP contribution >= 0.6 is 0 Å². The second kappa shape index (κ2) is 7.21. The highest BCUT2D eigenvalue weighted by atomic mass is 19.1. The summed E-state index contributed by atoms with van der Waals surface area (Å²) in [5.41, 5.74) is 3.96. The number of aliphatic hydroxyl groups is 1. The van der Waals surface area contributed by atoms with E-state index in [1.807, 2.05) is 0 Å². The zero-order valence-corrected chi connectivity index (χ0v) is 18.8. The third-order valence-corrected chi connectivity index (χ3v) is 10.5. The molecule has 0 aromatic rings. The van der Waals surface area contributed by atoms with Crippen molar-refractivity contribution < 1.29 is 9.50 Å². The number of hydrogen-bond acceptors (Lipinski definition) is 1. The summed E-state index contributed by atoms with van der Waals surface area (Å²) >= 11 is 0. The van der Waals surface area contributed by atoms with Crippen LogP contribution in [-0.2, 0) is 0 Å². The Morgan fingerprint density at radius 1 is 1.00 bits per heavy atom. The van der Waals surface area contributed by atoms with Crippen molar-refractivity contribution in [2.45, 2.75) is 104 Å². The van der Waals surface area contributed by atoms with Gasteiger partial charge in [-0.2, -0.15) is 0 Å². The Morgan fingerprint density at radius 2 is 1.72 bits per heavy atom. The summed E-state index contributed by atoms with van der Waals surface area (Å²) in [6, 6.07) is 0. The first-order chi connectivity index (χ1) is 13.9. The molecule has 29 heavy (non-hydrogen) atoms. The summed E-state index contributed by atoms with van der Waals surface area (Å²) in [6.07, 6.45) is 16.5. The summed E-state index contributed by atoms with van der Waals surface area (Å²) in [5.74, 6) is 3.66. The summed E-state index contributed by atoms with van der Waals surface area (Å²) in [7, 11) is 0. The molecule has 0 amide bonds. The minimum Gasteiger partial charge on any atom is -0.393 e. The Balaban J connectivity index is 1.45. The molecule has 2 heteroatoms. The van der Waals surface area contributed by atoms with Crippen molar-refractivity contribution in [1.29, 1.82) is 0 Å². The van der Waals surface area contributed by atoms with Crippen LogP contribution in [0.3, 0.4) is 0 Å². The molecule has 5 aliphatic rings. The molecule has 0 aromatic heterocycles. The third-order valence-electron chi connectivity index (χ3n) is 10.5. The Labute approximate surface area is 177 Å². The van der Waals surface area contributed by atoms with E-state index in [2.05, 4.69) is 32.9 Å². The summed E-state index contributed by atoms with van der Waals surface area (Å²) in [5, 5.41) is 10.3. The zero-order valence-electron chi connectivity index (χ0n) is 18.8. The van der Waals surface area contributed by atoms with Crippen molar-refractivity contribution in [2.75, 3.05) is 0 Å². The van der Waals surface area contributed by atoms with Gasteiger partial charge in [-0.25, -0.2) is 4.39 Å². The van der Waals surface area contributed by atoms with Gasteiger partial charge in [0.25, 0.3) is 0 Å². The van der Waals surface area contributed by atoms with Crippen LogP contribution in [0.1, 0.15) is 91.4 Å². The van der Waals surface area contributed by atoms with Crippen LogP contribution in [-0.4, -0.2) is 17.4 Å². The van der Waals surface area contributed by atoms with Crippen molar-refractivity contribution in [3.8, 4) is 0 Å². The van der Waals surface area contributed by atoms with Gasteiger partial charge in [0, 0.05) is 0 Å². The van der Waals surface area contributed by atoms with Crippen molar-refractivity contribution in [3.63, 3.8) is 0 Å². The first-order valence-corrected chi connectivity index (χ1v) is 12.6. The van der Waals surface area contributed by atoms with E-state index in [0.717, 1.165) is 56.3 Å². The van der Waals surface area contributed by atoms with Gasteiger partial charge in [-0.1, -0.05) is 44.1 Å². The van der Waals surface area contributed by atoms with Crippen molar-refractivity contribution in [3.05, 3.63) is 23.3 Å². The van der Waals surface area contributed by atoms with Gasteiger partial charge in [0.15, 0.2) is 0 Å². The average molecular weight is 401 g/mol. The summed E-state index contributed by atoms with van der Waals surface area (Å²) in [6.45, 7) is 7.48. The molecular formula is C27H41FO. The van der Waals surface area contributed by atoms with E-state index in [9.17, 15) is 9.50 Å². The Hall–Kier alpha value is -0.630. The van der Waals surface area contributed by atoms with Crippen LogP contribution in [0, 0.1) is 40.4 Å². The smallest absolute Gasteiger partial charge is 0.100 e. The quantitative estimate of drug-likeness (QED) is 0.494. The largest absolute Gasteiger partial charge is 0.393 e. The monoisotopic (exact) mass is 400 g/mol. The highest BCUT2D eigenvalue weighted by molar-refractivity contribution is 5.32. The molecule has 1 N–H and O–H groups in total. The lowest BCUT2D eigenvalue weighted by Gasteiger charge is -2.60. The first-order valence-electron chi connectivity index (χ1n) is 12.6. The second-order valence-corrected chi connectivity index (χ2v) is 11.7. The number of fused-ring (bicyclic) bond motifs is 5. The standard InChI is InChI=1S/C27H41FO/c1-4-17-15-19-16-21(29)11-13-26(19,2)24-12-14-27(3)22(9-10-23(27)25(17)24)18-5-7-20(28)8-6-18/h9,15,17-18,20-21,23-25,29H,4-8,10-14,16H2,1-3H3/t17?,18?,20?,21-,23-,24-,25-,26-,27+/m0/s1. The van der Waals surface area contributed by atoms with E-state index >= 15 is 0 Å². The molecule has 7 atom stereocenters. The number of hydrogen-bond donors (Lipinski definition) is 1. The Bertz CT molecular complexity index is 701. The maximum absolute atomic E-state index is 13.8. The molecule has 5 aliphatic carbocycles. The van der Waals surface area contributed by atoms with E-state index < -0.39 is 6.17 Å². The van der Waals surface area contributed by atoms with Crippen molar-refractivity contribution in [2.24, 2.45) is 40.4 Å². The van der Waals surface area contributed by atoms with Crippen LogP contribution in [0.4, 0.5) is 4.39 Å². The molecule has 0 bridgehead atoms. The van der Waals surface area contributed by atoms with Crippen LogP contribution in [0.5, 0.6) is 0 Å². The topological polar surface area (TPSA) is 20.2 Å². The summed E-state index contributed by atoms with van der Waals surface area (Å²) < 4.78 is 13.8. The van der Waals surface area contributed by atoms with E-state index in [-0.39, 0.29) is 6.10 Å². The molecule has 1 unspecified atom stereocenters. The minimum atomic E-state index is -0.555. The maximum atomic E-state index is 13.8. The normalized spacial score (nSPS) is 52.1. The summed E-state index contributed by atoms with van der Waals surface area (Å²) in [4.78, 5) is 0. The minimum absolute atomic E-state index is 0.123. The molecule has 3 saturated carbocycles. The molecule has 0 heterocycles. The fraction of sp³-hybridized carbons (Fsp3) is 0.852. The Morgan fingerprint density at radius 3 is 2.45 bits per heavy atom. The maximum Gasteiger partial charge on any atom is 0.100 e. The van der Waals surface area contributed by atoms with Gasteiger partial charge in [-0.15, -0.1) is 0 Å². The lowest BCUT2D eigenvalue weighted by molar-refractivity contribution is -0.0544. The van der Waals surface area contributed by atoms with Gasteiger partial charge in [-0.05, 0) is 111 Å². The molecular weight excluding hydrogens is 359 g/mol. The molecule has 5 rings (SSSR count). The van der Waals surface area contributed by atoms with Gasteiger partial charge < -0.3 is 5.11 Å². The third kappa shape index (κ3) is 3.02. The molecule has 3 fully saturated rings. The SMILES string of the molecule is CCC1C=C2C[C@@H](O)CC[C@]2(C)[C@H]2CC[C@]3(C)C(C4CCC(F)CC4)=CC[C@H]3[C@H]12. The van der Waals surface area contributed by atoms with Crippen LogP contribution in [0.25, 0.3) is 0 Å². The van der Waals surface area contributed by atoms with Gasteiger partial charge in [0.2, 0.25) is 0 Å². The van der Waals surface area contributed by atoms with Crippen LogP contribution < -0.4 is 0 Å². The van der Waals surface area contributed by atoms with E-state index in [1.165, 1.54) is 32.1 Å². The highest BCUT2D eigenvalue weighted by Crippen LogP contribution is 2.67. The number of allylic oxidation sites excluding steroid dienone is 3. The van der Waals surface area contributed by atoms with Crippen molar-refractivity contribution in [1.82, 2.24) is 0 Å². The molecule has 0 aliphatic heterocycles. The molecule has 0 saturated heterocycles. The highest BCUT2D eigenvalue weighted by Gasteiger charge is 2.59. The molecule has 0 radical (unpaired) electrons. The number of aliphatic hydroxyl groups excluding tert-OH is 1. The number of rotatable bonds is 2. The van der Waals surface area contributed by atoms with Crippen molar-refractivity contribution >= 4 is 0 Å². The van der Waals surface area contributed by atoms with Crippen LogP contribution in [0.15, 0.2) is 23.3 Å². The van der Waals surface area contributed by atoms with E-state index in [1.54, 1.807) is 11.1 Å². The van der Waals surface area contributed by atoms with Gasteiger partial charge >= 0.3 is 0 Å². The molecule has 0 aromatic carbocycles. The fourth-order valence-electron chi connectivity index (χ4n) is 8.80. The predicted molar refractivity (Wildman–Crippen MR) is 117 cm³/mol. The van der Waals surface area contributed by atoms with Gasteiger partial charge in [-0.3, -0.25) is 0 Å². The average Bonchev–Trinajstić information content (AvgIpc) is 3.06. The lowest BCUT2D eigenvalue weighted by atomic mass is 9.44. The predicted octanol–water partition coefficient (Wildman–Crippen LogP) is 7.01. The fourth-order valence-corrected chi connectivity index (χ4v) is 8.80. The Kier molecular flexibility index (Phi) is 5.04. The number of alkyl halides is 1. The van der Waals surface area contributed by atoms with Crippen LogP contribution in [0.2, 0.25) is 0 Å². The molecule has 1 nitrogen and oxygen atoms in total. The first kappa shape index (κ1) is 20.3. The second-order valence-electron chi connectivity index (χ2n) is 11.7. The van der Waals surface area contributed by atoms with E-state index in [0.29, 0.717) is 22.7 Å². The van der Waals surface area contributed by atoms with Gasteiger partial charge in [0.05, 0.1) is 6.10 Å². The van der Waals surface area contributed by atoms with Gasteiger partial charge in [0.1, 0.15) is 6.17 Å². The lowest BCUT2D eigenvalue weighted by Crippen LogP contribution is -2.53. The molecule has 0 spiro atoms. The van der Waals surface area contributed by atoms with E-state index in [4.69, 9.17) is 0 Å².